The summed E-state index contributed by atoms with van der Waals surface area (Å²) in [6, 6.07) is 0.0648. The number of nitrogens with one attached hydrogen (secondary N) is 1. The Labute approximate surface area is 49.7 Å². The quantitative estimate of drug-likeness (QED) is 0.260. The van der Waals surface area contributed by atoms with Gasteiger partial charge in [-0.05, 0) is 6.92 Å². The van der Waals surface area contributed by atoms with E-state index in [0.717, 1.165) is 5.57 Å². The largest absolute Gasteiger partial charge is 0.329 e. The van der Waals surface area contributed by atoms with Crippen molar-refractivity contribution in [1.82, 2.24) is 5.43 Å². The lowest BCUT2D eigenvalue weighted by Gasteiger charge is -2.11. The van der Waals surface area contributed by atoms with Crippen molar-refractivity contribution in [1.29, 1.82) is 0 Å². The summed E-state index contributed by atoms with van der Waals surface area (Å²) in [6.07, 6.45) is 0. The maximum Gasteiger partial charge on any atom is 0.0537 e. The smallest absolute Gasteiger partial charge is 0.0537 e. The fraction of sp³-hybridized carbons (Fsp3) is 0.600. The van der Waals surface area contributed by atoms with Crippen LogP contribution in [0.2, 0.25) is 0 Å². The summed E-state index contributed by atoms with van der Waals surface area (Å²) in [5.41, 5.74) is 8.78. The van der Waals surface area contributed by atoms with Crippen LogP contribution < -0.4 is 17.0 Å². The fourth-order valence-electron chi connectivity index (χ4n) is 0.411. The second-order valence-corrected chi connectivity index (χ2v) is 1.80. The first-order valence-electron chi connectivity index (χ1n) is 2.54. The van der Waals surface area contributed by atoms with Crippen LogP contribution in [0.1, 0.15) is 6.92 Å². The Morgan fingerprint density at radius 1 is 1.88 bits per heavy atom. The molecule has 3 nitrogen and oxygen atoms in total. The van der Waals surface area contributed by atoms with Crippen LogP contribution in [0.4, 0.5) is 0 Å². The van der Waals surface area contributed by atoms with Gasteiger partial charge in [0, 0.05) is 6.54 Å². The molecule has 0 spiro atoms. The Kier molecular flexibility index (Phi) is 3.43. The van der Waals surface area contributed by atoms with E-state index in [9.17, 15) is 0 Å². The molecule has 0 aromatic heterocycles. The summed E-state index contributed by atoms with van der Waals surface area (Å²) in [7, 11) is 0. The fourth-order valence-corrected chi connectivity index (χ4v) is 0.411. The molecule has 0 fully saturated rings. The Balaban J connectivity index is 3.52. The number of rotatable bonds is 3. The van der Waals surface area contributed by atoms with Crippen molar-refractivity contribution in [2.45, 2.75) is 13.0 Å². The van der Waals surface area contributed by atoms with Crippen molar-refractivity contribution < 1.29 is 0 Å². The summed E-state index contributed by atoms with van der Waals surface area (Å²) in [5, 5.41) is 0. The van der Waals surface area contributed by atoms with Gasteiger partial charge in [-0.25, -0.2) is 0 Å². The molecule has 3 heteroatoms. The van der Waals surface area contributed by atoms with Crippen molar-refractivity contribution in [3.8, 4) is 0 Å². The van der Waals surface area contributed by atoms with Gasteiger partial charge in [0.25, 0.3) is 0 Å². The van der Waals surface area contributed by atoms with Crippen LogP contribution >= 0.6 is 0 Å². The van der Waals surface area contributed by atoms with E-state index in [0.29, 0.717) is 6.54 Å². The van der Waals surface area contributed by atoms with Gasteiger partial charge in [-0.2, -0.15) is 0 Å². The highest BCUT2D eigenvalue weighted by Gasteiger charge is 2.00. The lowest BCUT2D eigenvalue weighted by atomic mass is 10.2. The number of hydrazine groups is 1. The van der Waals surface area contributed by atoms with Crippen LogP contribution in [-0.2, 0) is 0 Å². The van der Waals surface area contributed by atoms with E-state index in [-0.39, 0.29) is 6.04 Å². The van der Waals surface area contributed by atoms with Crippen LogP contribution in [0.25, 0.3) is 0 Å². The van der Waals surface area contributed by atoms with E-state index in [1.807, 2.05) is 6.92 Å². The number of hydrogen-bond donors (Lipinski definition) is 3. The van der Waals surface area contributed by atoms with E-state index in [4.69, 9.17) is 11.6 Å². The van der Waals surface area contributed by atoms with Crippen LogP contribution in [-0.4, -0.2) is 12.6 Å². The summed E-state index contributed by atoms with van der Waals surface area (Å²) in [4.78, 5) is 0. The lowest BCUT2D eigenvalue weighted by molar-refractivity contribution is 0.603. The van der Waals surface area contributed by atoms with Crippen LogP contribution in [0.5, 0.6) is 0 Å². The van der Waals surface area contributed by atoms with Gasteiger partial charge in [-0.1, -0.05) is 12.2 Å². The molecule has 0 rings (SSSR count). The monoisotopic (exact) mass is 115 g/mol. The Bertz CT molecular complexity index is 75.7. The molecule has 8 heavy (non-hydrogen) atoms. The van der Waals surface area contributed by atoms with Gasteiger partial charge in [0.05, 0.1) is 6.04 Å². The lowest BCUT2D eigenvalue weighted by Crippen LogP contribution is -2.41. The van der Waals surface area contributed by atoms with Crippen LogP contribution in [0, 0.1) is 0 Å². The molecule has 0 saturated carbocycles. The molecule has 0 saturated heterocycles. The topological polar surface area (TPSA) is 64.1 Å². The highest BCUT2D eigenvalue weighted by atomic mass is 15.2. The molecule has 0 radical (unpaired) electrons. The predicted molar refractivity (Wildman–Crippen MR) is 35.0 cm³/mol. The third-order valence-electron chi connectivity index (χ3n) is 1.03. The molecule has 0 aliphatic rings. The number of hydrogen-bond acceptors (Lipinski definition) is 3. The number of nitrogens with two attached hydrogens (primary N) is 2. The van der Waals surface area contributed by atoms with Crippen molar-refractivity contribution >= 4 is 0 Å². The molecule has 0 bridgehead atoms. The van der Waals surface area contributed by atoms with Crippen molar-refractivity contribution in [2.75, 3.05) is 6.54 Å². The Morgan fingerprint density at radius 2 is 2.38 bits per heavy atom. The van der Waals surface area contributed by atoms with Gasteiger partial charge in [0.15, 0.2) is 0 Å². The molecule has 0 amide bonds. The summed E-state index contributed by atoms with van der Waals surface area (Å²) in [5.74, 6) is 5.09. The molecule has 0 aliphatic heterocycles. The Hall–Kier alpha value is -0.380. The van der Waals surface area contributed by atoms with Gasteiger partial charge in [-0.15, -0.1) is 0 Å². The van der Waals surface area contributed by atoms with Gasteiger partial charge in [0.1, 0.15) is 0 Å². The van der Waals surface area contributed by atoms with Gasteiger partial charge < -0.3 is 5.73 Å². The molecule has 0 aromatic rings. The maximum atomic E-state index is 5.28. The zero-order valence-electron chi connectivity index (χ0n) is 5.15. The molecule has 48 valence electrons. The first kappa shape index (κ1) is 7.62. The molecule has 1 atom stereocenters. The molecule has 0 aliphatic carbocycles. The van der Waals surface area contributed by atoms with E-state index in [1.54, 1.807) is 0 Å². The normalized spacial score (nSPS) is 13.4. The molecule has 5 N–H and O–H groups in total. The highest BCUT2D eigenvalue weighted by Crippen LogP contribution is 1.91. The van der Waals surface area contributed by atoms with Crippen LogP contribution in [0.15, 0.2) is 12.2 Å². The average molecular weight is 115 g/mol. The third-order valence-corrected chi connectivity index (χ3v) is 1.03. The first-order chi connectivity index (χ1) is 3.72. The minimum Gasteiger partial charge on any atom is -0.329 e. The first-order valence-corrected chi connectivity index (χ1v) is 2.54. The van der Waals surface area contributed by atoms with Crippen molar-refractivity contribution in [3.05, 3.63) is 12.2 Å². The second kappa shape index (κ2) is 3.60. The van der Waals surface area contributed by atoms with E-state index in [2.05, 4.69) is 12.0 Å². The highest BCUT2D eigenvalue weighted by molar-refractivity contribution is 5.00. The summed E-state index contributed by atoms with van der Waals surface area (Å²) >= 11 is 0. The SMILES string of the molecule is C=C(C)C(CN)NN. The molecular weight excluding hydrogens is 102 g/mol. The minimum atomic E-state index is 0.0648. The second-order valence-electron chi connectivity index (χ2n) is 1.80. The van der Waals surface area contributed by atoms with E-state index in [1.165, 1.54) is 0 Å². The van der Waals surface area contributed by atoms with E-state index < -0.39 is 0 Å². The minimum absolute atomic E-state index is 0.0648. The Morgan fingerprint density at radius 3 is 2.38 bits per heavy atom. The standard InChI is InChI=1S/C5H13N3/c1-4(2)5(3-6)8-7/h5,8H,1,3,6-7H2,2H3. The molecular formula is C5H13N3. The van der Waals surface area contributed by atoms with Crippen molar-refractivity contribution in [2.24, 2.45) is 11.6 Å². The summed E-state index contributed by atoms with van der Waals surface area (Å²) in [6.45, 7) is 6.07. The van der Waals surface area contributed by atoms with E-state index >= 15 is 0 Å². The van der Waals surface area contributed by atoms with Gasteiger partial charge in [-0.3, -0.25) is 11.3 Å². The molecule has 1 unspecified atom stereocenters. The maximum absolute atomic E-state index is 5.28. The zero-order valence-corrected chi connectivity index (χ0v) is 5.15. The van der Waals surface area contributed by atoms with Crippen molar-refractivity contribution in [3.63, 3.8) is 0 Å². The third kappa shape index (κ3) is 2.07. The average Bonchev–Trinajstić information content (AvgIpc) is 1.69. The van der Waals surface area contributed by atoms with Crippen LogP contribution in [0.3, 0.4) is 0 Å². The predicted octanol–water partition coefficient (Wildman–Crippen LogP) is -0.647. The van der Waals surface area contributed by atoms with Gasteiger partial charge >= 0.3 is 0 Å². The molecule has 0 heterocycles. The molecule has 0 aromatic carbocycles. The summed E-state index contributed by atoms with van der Waals surface area (Å²) < 4.78 is 0. The van der Waals surface area contributed by atoms with Gasteiger partial charge in [0.2, 0.25) is 0 Å². The zero-order chi connectivity index (χ0) is 6.57.